The smallest absolute Gasteiger partial charge is 0.193 e. The van der Waals surface area contributed by atoms with E-state index in [1.165, 1.54) is 37.8 Å². The summed E-state index contributed by atoms with van der Waals surface area (Å²) < 4.78 is 0. The van der Waals surface area contributed by atoms with Gasteiger partial charge in [0.25, 0.3) is 0 Å². The van der Waals surface area contributed by atoms with Crippen molar-refractivity contribution in [3.8, 4) is 5.75 Å². The number of likely N-dealkylation sites (tertiary alicyclic amines) is 1. The maximum atomic E-state index is 9.29. The minimum Gasteiger partial charge on any atom is -0.508 e. The van der Waals surface area contributed by atoms with Crippen LogP contribution in [0, 0.1) is 5.41 Å². The minimum absolute atomic E-state index is 0. The second-order valence-corrected chi connectivity index (χ2v) is 6.77. The quantitative estimate of drug-likeness (QED) is 0.334. The van der Waals surface area contributed by atoms with Gasteiger partial charge in [-0.05, 0) is 55.2 Å². The lowest BCUT2D eigenvalue weighted by Crippen LogP contribution is -2.42. The van der Waals surface area contributed by atoms with E-state index in [2.05, 4.69) is 15.2 Å². The van der Waals surface area contributed by atoms with Crippen LogP contribution in [0.5, 0.6) is 5.75 Å². The van der Waals surface area contributed by atoms with Crippen LogP contribution in [0.25, 0.3) is 0 Å². The molecule has 0 atom stereocenters. The summed E-state index contributed by atoms with van der Waals surface area (Å²) in [5, 5.41) is 12.8. The molecule has 2 fully saturated rings. The van der Waals surface area contributed by atoms with Crippen molar-refractivity contribution in [1.82, 2.24) is 10.2 Å². The molecule has 3 rings (SSSR count). The Labute approximate surface area is 156 Å². The lowest BCUT2D eigenvalue weighted by Gasteiger charge is -2.38. The number of benzene rings is 1. The molecule has 1 aromatic rings. The number of rotatable bonds is 4. The normalized spacial score (nSPS) is 19.3. The number of hydrogen-bond donors (Lipinski definition) is 2. The third-order valence-corrected chi connectivity index (χ3v) is 5.23. The molecule has 1 saturated heterocycles. The molecule has 4 nitrogen and oxygen atoms in total. The first-order valence-electron chi connectivity index (χ1n) is 8.44. The number of aryl methyl sites for hydroxylation is 1. The second-order valence-electron chi connectivity index (χ2n) is 6.77. The summed E-state index contributed by atoms with van der Waals surface area (Å²) in [6, 6.07) is 7.49. The SMILES string of the molecule is CN=C(NCCCc1ccc(O)cc1)N1CCC2(CCC2)C1.I. The van der Waals surface area contributed by atoms with Crippen molar-refractivity contribution in [3.63, 3.8) is 0 Å². The number of nitrogens with one attached hydrogen (secondary N) is 1. The monoisotopic (exact) mass is 429 g/mol. The largest absolute Gasteiger partial charge is 0.508 e. The molecular formula is C18H28IN3O. The first-order valence-corrected chi connectivity index (χ1v) is 8.44. The van der Waals surface area contributed by atoms with Crippen LogP contribution in [-0.4, -0.2) is 42.6 Å². The minimum atomic E-state index is 0. The molecule has 5 heteroatoms. The summed E-state index contributed by atoms with van der Waals surface area (Å²) in [6.07, 6.45) is 7.65. The topological polar surface area (TPSA) is 47.9 Å². The molecule has 1 heterocycles. The van der Waals surface area contributed by atoms with Crippen LogP contribution in [0.1, 0.15) is 37.7 Å². The number of aliphatic imine (C=N–C) groups is 1. The van der Waals surface area contributed by atoms with Crippen molar-refractivity contribution in [2.24, 2.45) is 10.4 Å². The summed E-state index contributed by atoms with van der Waals surface area (Å²) in [5.74, 6) is 1.40. The van der Waals surface area contributed by atoms with Gasteiger partial charge >= 0.3 is 0 Å². The van der Waals surface area contributed by atoms with Gasteiger partial charge in [-0.15, -0.1) is 24.0 Å². The molecule has 1 aromatic carbocycles. The van der Waals surface area contributed by atoms with Gasteiger partial charge < -0.3 is 15.3 Å². The maximum absolute atomic E-state index is 9.29. The molecule has 2 N–H and O–H groups in total. The van der Waals surface area contributed by atoms with Gasteiger partial charge in [-0.3, -0.25) is 4.99 Å². The van der Waals surface area contributed by atoms with E-state index < -0.39 is 0 Å². The Kier molecular flexibility index (Phi) is 6.56. The van der Waals surface area contributed by atoms with E-state index in [0.717, 1.165) is 31.9 Å². The van der Waals surface area contributed by atoms with Crippen molar-refractivity contribution in [2.45, 2.75) is 38.5 Å². The molecule has 0 amide bonds. The highest BCUT2D eigenvalue weighted by molar-refractivity contribution is 14.0. The van der Waals surface area contributed by atoms with Gasteiger partial charge in [0.05, 0.1) is 0 Å². The first kappa shape index (κ1) is 18.4. The van der Waals surface area contributed by atoms with Gasteiger partial charge in [0.15, 0.2) is 5.96 Å². The third-order valence-electron chi connectivity index (χ3n) is 5.23. The van der Waals surface area contributed by atoms with Crippen LogP contribution in [-0.2, 0) is 6.42 Å². The van der Waals surface area contributed by atoms with Crippen LogP contribution >= 0.6 is 24.0 Å². The molecule has 0 bridgehead atoms. The summed E-state index contributed by atoms with van der Waals surface area (Å²) in [4.78, 5) is 6.88. The van der Waals surface area contributed by atoms with Gasteiger partial charge in [-0.25, -0.2) is 0 Å². The molecule has 0 aromatic heterocycles. The fraction of sp³-hybridized carbons (Fsp3) is 0.611. The number of phenols is 1. The van der Waals surface area contributed by atoms with E-state index in [1.807, 2.05) is 19.2 Å². The number of nitrogens with zero attached hydrogens (tertiary/aromatic N) is 2. The first-order chi connectivity index (χ1) is 10.7. The van der Waals surface area contributed by atoms with Gasteiger partial charge in [0.1, 0.15) is 5.75 Å². The Hall–Kier alpha value is -0.980. The number of halogens is 1. The molecule has 1 aliphatic heterocycles. The molecule has 1 aliphatic carbocycles. The molecule has 1 saturated carbocycles. The van der Waals surface area contributed by atoms with Gasteiger partial charge in [0, 0.05) is 26.7 Å². The van der Waals surface area contributed by atoms with Crippen molar-refractivity contribution >= 4 is 29.9 Å². The predicted octanol–water partition coefficient (Wildman–Crippen LogP) is 3.39. The van der Waals surface area contributed by atoms with Gasteiger partial charge in [-0.1, -0.05) is 18.6 Å². The average molecular weight is 429 g/mol. The lowest BCUT2D eigenvalue weighted by molar-refractivity contribution is 0.151. The molecule has 0 radical (unpaired) electrons. The Morgan fingerprint density at radius 2 is 2.00 bits per heavy atom. The maximum Gasteiger partial charge on any atom is 0.193 e. The van der Waals surface area contributed by atoms with E-state index in [1.54, 1.807) is 12.1 Å². The number of hydrogen-bond acceptors (Lipinski definition) is 2. The summed E-state index contributed by atoms with van der Waals surface area (Å²) in [7, 11) is 1.88. The second kappa shape index (κ2) is 8.22. The summed E-state index contributed by atoms with van der Waals surface area (Å²) >= 11 is 0. The zero-order chi connectivity index (χ0) is 15.4. The van der Waals surface area contributed by atoms with E-state index in [0.29, 0.717) is 11.2 Å². The Morgan fingerprint density at radius 3 is 2.57 bits per heavy atom. The highest BCUT2D eigenvalue weighted by atomic mass is 127. The summed E-state index contributed by atoms with van der Waals surface area (Å²) in [6.45, 7) is 3.28. The third kappa shape index (κ3) is 4.52. The van der Waals surface area contributed by atoms with Crippen molar-refractivity contribution in [1.29, 1.82) is 0 Å². The van der Waals surface area contributed by atoms with E-state index in [4.69, 9.17) is 0 Å². The zero-order valence-electron chi connectivity index (χ0n) is 13.9. The lowest BCUT2D eigenvalue weighted by atomic mass is 9.68. The van der Waals surface area contributed by atoms with Crippen LogP contribution in [0.15, 0.2) is 29.3 Å². The zero-order valence-corrected chi connectivity index (χ0v) is 16.3. The van der Waals surface area contributed by atoms with Crippen molar-refractivity contribution in [2.75, 3.05) is 26.7 Å². The molecular weight excluding hydrogens is 401 g/mol. The summed E-state index contributed by atoms with van der Waals surface area (Å²) in [5.41, 5.74) is 1.88. The van der Waals surface area contributed by atoms with E-state index in [9.17, 15) is 5.11 Å². The van der Waals surface area contributed by atoms with E-state index >= 15 is 0 Å². The fourth-order valence-corrected chi connectivity index (χ4v) is 3.69. The molecule has 23 heavy (non-hydrogen) atoms. The number of aromatic hydroxyl groups is 1. The van der Waals surface area contributed by atoms with Crippen LogP contribution < -0.4 is 5.32 Å². The van der Waals surface area contributed by atoms with Crippen LogP contribution in [0.3, 0.4) is 0 Å². The Balaban J connectivity index is 0.00000192. The molecule has 0 unspecified atom stereocenters. The Morgan fingerprint density at radius 1 is 1.26 bits per heavy atom. The highest BCUT2D eigenvalue weighted by Crippen LogP contribution is 2.47. The van der Waals surface area contributed by atoms with Crippen molar-refractivity contribution in [3.05, 3.63) is 29.8 Å². The number of guanidine groups is 1. The Bertz CT molecular complexity index is 526. The molecule has 1 spiro atoms. The number of phenolic OH excluding ortho intramolecular Hbond substituents is 1. The van der Waals surface area contributed by atoms with Crippen LogP contribution in [0.4, 0.5) is 0 Å². The van der Waals surface area contributed by atoms with Crippen molar-refractivity contribution < 1.29 is 5.11 Å². The fourth-order valence-electron chi connectivity index (χ4n) is 3.69. The molecule has 128 valence electrons. The van der Waals surface area contributed by atoms with E-state index in [-0.39, 0.29) is 24.0 Å². The standard InChI is InChI=1S/C18H27N3O.HI/c1-19-17(21-13-11-18(14-21)9-3-10-18)20-12-2-4-15-5-7-16(22)8-6-15;/h5-8,22H,2-4,9-14H2,1H3,(H,19,20);1H. The molecule has 2 aliphatic rings. The predicted molar refractivity (Wildman–Crippen MR) is 106 cm³/mol. The van der Waals surface area contributed by atoms with Gasteiger partial charge in [-0.2, -0.15) is 0 Å². The average Bonchev–Trinajstić information content (AvgIpc) is 2.95. The van der Waals surface area contributed by atoms with Crippen LogP contribution in [0.2, 0.25) is 0 Å². The van der Waals surface area contributed by atoms with Gasteiger partial charge in [0.2, 0.25) is 0 Å². The highest BCUT2D eigenvalue weighted by Gasteiger charge is 2.43.